The van der Waals surface area contributed by atoms with E-state index in [9.17, 15) is 39.3 Å². The summed E-state index contributed by atoms with van der Waals surface area (Å²) in [5.74, 6) is -6.23. The normalized spacial score (nSPS) is 11.8. The van der Waals surface area contributed by atoms with Crippen LogP contribution in [0.2, 0.25) is 0 Å². The first-order chi connectivity index (χ1) is 17.7. The summed E-state index contributed by atoms with van der Waals surface area (Å²) in [6.45, 7) is 0.901. The topological polar surface area (TPSA) is 208 Å². The molecule has 217 valence electrons. The van der Waals surface area contributed by atoms with Gasteiger partial charge in [-0.15, -0.1) is 0 Å². The van der Waals surface area contributed by atoms with Gasteiger partial charge >= 0.3 is 69.8 Å². The molecular weight excluding hydrogens is 662 g/mol. The Labute approximate surface area is 258 Å². The number of carboxylic acid groups (broad SMARTS) is 5. The van der Waals surface area contributed by atoms with Gasteiger partial charge < -0.3 is 30.8 Å². The second kappa shape index (κ2) is 18.8. The van der Waals surface area contributed by atoms with Crippen LogP contribution in [0, 0.1) is 39.9 Å². The molecule has 0 aliphatic rings. The molecule has 39 heavy (non-hydrogen) atoms. The molecule has 0 aromatic heterocycles. The number of nitrogens with zero attached hydrogens (tertiary/aromatic N) is 3. The van der Waals surface area contributed by atoms with Gasteiger partial charge in [-0.3, -0.25) is 38.7 Å². The van der Waals surface area contributed by atoms with Gasteiger partial charge in [0.15, 0.2) is 0 Å². The molecule has 1 unspecified atom stereocenters. The van der Waals surface area contributed by atoms with Crippen molar-refractivity contribution < 1.29 is 89.4 Å². The van der Waals surface area contributed by atoms with Crippen molar-refractivity contribution in [3.8, 4) is 0 Å². The van der Waals surface area contributed by atoms with Crippen LogP contribution in [-0.4, -0.2) is 135 Å². The average Bonchev–Trinajstić information content (AvgIpc) is 2.75. The monoisotopic (exact) mass is 698 g/mol. The molecule has 1 aromatic rings. The molecule has 0 aliphatic heterocycles. The van der Waals surface area contributed by atoms with E-state index in [1.54, 1.807) is 12.1 Å². The van der Waals surface area contributed by atoms with Gasteiger partial charge in [-0.1, -0.05) is 12.1 Å². The van der Waals surface area contributed by atoms with E-state index >= 15 is 0 Å². The third-order valence-electron chi connectivity index (χ3n) is 5.35. The Morgan fingerprint density at radius 1 is 0.692 bits per heavy atom. The predicted molar refractivity (Wildman–Crippen MR) is 135 cm³/mol. The van der Waals surface area contributed by atoms with Gasteiger partial charge in [-0.25, -0.2) is 0 Å². The number of aliphatic carboxylic acids is 5. The fraction of sp³-hybridized carbons (Fsp3) is 0.542. The predicted octanol–water partition coefficient (Wildman–Crippen LogP) is -0.253. The minimum Gasteiger partial charge on any atom is -0.480 e. The SMILES string of the molecule is CC(C)Nc1ccc(CC(CN(CCN(CC(=O)O)CC(=O)O)CC(=O)O)N(CC(=O)O)CC(=O)O)cc1.[Gd+3]. The van der Waals surface area contributed by atoms with Crippen molar-refractivity contribution in [3.63, 3.8) is 0 Å². The number of carbonyl (C=O) groups is 5. The van der Waals surface area contributed by atoms with Crippen LogP contribution in [0.3, 0.4) is 0 Å². The van der Waals surface area contributed by atoms with Crippen molar-refractivity contribution in [1.29, 1.82) is 0 Å². The van der Waals surface area contributed by atoms with Crippen LogP contribution >= 0.6 is 0 Å². The van der Waals surface area contributed by atoms with Crippen LogP contribution in [0.15, 0.2) is 24.3 Å². The van der Waals surface area contributed by atoms with Gasteiger partial charge in [-0.2, -0.15) is 0 Å². The number of hydrogen-bond acceptors (Lipinski definition) is 9. The molecular formula is C24H36GdN4O10+3. The van der Waals surface area contributed by atoms with Crippen molar-refractivity contribution in [1.82, 2.24) is 14.7 Å². The molecule has 15 heteroatoms. The quantitative estimate of drug-likeness (QED) is 0.104. The molecule has 0 aliphatic carbocycles. The molecule has 0 amide bonds. The van der Waals surface area contributed by atoms with Crippen molar-refractivity contribution in [2.75, 3.05) is 57.7 Å². The molecule has 0 bridgehead atoms. The van der Waals surface area contributed by atoms with E-state index in [1.807, 2.05) is 26.0 Å². The number of rotatable bonds is 20. The average molecular weight is 698 g/mol. The second-order valence-corrected chi connectivity index (χ2v) is 9.17. The van der Waals surface area contributed by atoms with Gasteiger partial charge in [0.25, 0.3) is 0 Å². The molecule has 6 N–H and O–H groups in total. The Bertz CT molecular complexity index is 929. The zero-order valence-corrected chi connectivity index (χ0v) is 24.1. The molecule has 0 heterocycles. The van der Waals surface area contributed by atoms with Gasteiger partial charge in [0.2, 0.25) is 0 Å². The molecule has 0 saturated heterocycles. The molecule has 1 rings (SSSR count). The Morgan fingerprint density at radius 3 is 1.51 bits per heavy atom. The second-order valence-electron chi connectivity index (χ2n) is 9.17. The molecule has 1 aromatic carbocycles. The Balaban J connectivity index is 0.0000144. The minimum atomic E-state index is -1.26. The van der Waals surface area contributed by atoms with Gasteiger partial charge in [0, 0.05) is 37.4 Å². The van der Waals surface area contributed by atoms with Crippen LogP contribution in [0.5, 0.6) is 0 Å². The maximum absolute atomic E-state index is 11.5. The van der Waals surface area contributed by atoms with Gasteiger partial charge in [0.1, 0.15) is 0 Å². The first kappa shape index (κ1) is 36.6. The molecule has 0 saturated carbocycles. The number of anilines is 1. The summed E-state index contributed by atoms with van der Waals surface area (Å²) < 4.78 is 0. The summed E-state index contributed by atoms with van der Waals surface area (Å²) >= 11 is 0. The molecule has 1 atom stereocenters. The van der Waals surface area contributed by atoms with E-state index in [-0.39, 0.29) is 72.0 Å². The number of nitrogens with one attached hydrogen (secondary N) is 1. The van der Waals surface area contributed by atoms with Gasteiger partial charge in [-0.05, 0) is 38.0 Å². The van der Waals surface area contributed by atoms with Crippen LogP contribution in [0.25, 0.3) is 0 Å². The van der Waals surface area contributed by atoms with E-state index in [1.165, 1.54) is 9.80 Å². The van der Waals surface area contributed by atoms with Crippen molar-refractivity contribution in [2.45, 2.75) is 32.4 Å². The molecule has 0 fully saturated rings. The fourth-order valence-corrected chi connectivity index (χ4v) is 3.92. The zero-order valence-electron chi connectivity index (χ0n) is 21.8. The Hall–Kier alpha value is -2.43. The smallest absolute Gasteiger partial charge is 0.480 e. The van der Waals surface area contributed by atoms with Crippen LogP contribution in [0.1, 0.15) is 19.4 Å². The van der Waals surface area contributed by atoms with E-state index in [0.29, 0.717) is 0 Å². The summed E-state index contributed by atoms with van der Waals surface area (Å²) in [4.78, 5) is 60.6. The van der Waals surface area contributed by atoms with Crippen molar-refractivity contribution in [3.05, 3.63) is 29.8 Å². The van der Waals surface area contributed by atoms with Crippen molar-refractivity contribution in [2.24, 2.45) is 0 Å². The Morgan fingerprint density at radius 2 is 1.10 bits per heavy atom. The zero-order chi connectivity index (χ0) is 28.8. The van der Waals surface area contributed by atoms with Crippen molar-refractivity contribution >= 4 is 35.5 Å². The van der Waals surface area contributed by atoms with Crippen LogP contribution in [0.4, 0.5) is 5.69 Å². The summed E-state index contributed by atoms with van der Waals surface area (Å²) in [5.41, 5.74) is 1.62. The van der Waals surface area contributed by atoms with Gasteiger partial charge in [0.05, 0.1) is 32.7 Å². The van der Waals surface area contributed by atoms with E-state index in [0.717, 1.165) is 16.2 Å². The van der Waals surface area contributed by atoms with E-state index in [2.05, 4.69) is 5.32 Å². The van der Waals surface area contributed by atoms with Crippen LogP contribution < -0.4 is 5.32 Å². The summed E-state index contributed by atoms with van der Waals surface area (Å²) in [6.07, 6.45) is 0.201. The largest absolute Gasteiger partial charge is 3.00 e. The minimum absolute atomic E-state index is 0. The third kappa shape index (κ3) is 17.0. The molecule has 14 nitrogen and oxygen atoms in total. The molecule has 0 spiro atoms. The summed E-state index contributed by atoms with van der Waals surface area (Å²) in [7, 11) is 0. The fourth-order valence-electron chi connectivity index (χ4n) is 3.92. The maximum atomic E-state index is 11.5. The van der Waals surface area contributed by atoms with Crippen LogP contribution in [-0.2, 0) is 30.4 Å². The first-order valence-corrected chi connectivity index (χ1v) is 11.9. The first-order valence-electron chi connectivity index (χ1n) is 11.9. The van der Waals surface area contributed by atoms with E-state index in [4.69, 9.17) is 10.2 Å². The number of benzene rings is 1. The third-order valence-corrected chi connectivity index (χ3v) is 5.35. The Kier molecular flexibility index (Phi) is 17.6. The number of hydrogen-bond donors (Lipinski definition) is 6. The summed E-state index contributed by atoms with van der Waals surface area (Å²) in [5, 5.41) is 49.6. The molecule has 1 radical (unpaired) electrons. The number of carboxylic acids is 5. The standard InChI is InChI=1S/C24H36N4O10.Gd/c1-16(2)25-18-5-3-17(4-6-18)9-19(28(14-23(35)36)15-24(37)38)10-26(11-20(29)30)7-8-27(12-21(31)32)13-22(33)34;/h3-6,16,19,25H,7-15H2,1-2H3,(H,29,30)(H,31,32)(H,33,34)(H,35,36)(H,37,38);/q;+3. The maximum Gasteiger partial charge on any atom is 3.00 e. The summed E-state index contributed by atoms with van der Waals surface area (Å²) in [6, 6.07) is 6.73. The van der Waals surface area contributed by atoms with E-state index < -0.39 is 68.6 Å².